The Morgan fingerprint density at radius 1 is 0.528 bits per heavy atom. The Labute approximate surface area is 199 Å². The maximum absolute atomic E-state index is 10.5. The fourth-order valence-electron chi connectivity index (χ4n) is 2.32. The number of nitro benzene ring substituents is 4. The van der Waals surface area contributed by atoms with E-state index in [2.05, 4.69) is 0 Å². The van der Waals surface area contributed by atoms with Crippen LogP contribution < -0.4 is 0 Å². The van der Waals surface area contributed by atoms with Gasteiger partial charge in [0.1, 0.15) is 11.1 Å². The Morgan fingerprint density at radius 3 is 1.00 bits per heavy atom. The predicted molar refractivity (Wildman–Crippen MR) is 120 cm³/mol. The molecule has 0 aliphatic heterocycles. The maximum atomic E-state index is 10.5. The molecule has 0 bridgehead atoms. The molecule has 2 N–H and O–H groups in total. The van der Waals surface area contributed by atoms with E-state index < -0.39 is 65.5 Å². The Kier molecular flexibility index (Phi) is 10.2. The summed E-state index contributed by atoms with van der Waals surface area (Å²) in [6.07, 6.45) is 0. The maximum Gasteiger partial charge on any atom is 0.342 e. The first kappa shape index (κ1) is 28.2. The first-order valence-electron chi connectivity index (χ1n) is 9.19. The molecule has 0 aromatic heterocycles. The van der Waals surface area contributed by atoms with Crippen LogP contribution in [0.3, 0.4) is 0 Å². The van der Waals surface area contributed by atoms with Crippen molar-refractivity contribution >= 4 is 34.7 Å². The lowest BCUT2D eigenvalue weighted by Crippen LogP contribution is -2.03. The van der Waals surface area contributed by atoms with E-state index in [1.54, 1.807) is 0 Å². The van der Waals surface area contributed by atoms with E-state index in [0.29, 0.717) is 12.1 Å². The van der Waals surface area contributed by atoms with E-state index in [-0.39, 0.29) is 0 Å². The van der Waals surface area contributed by atoms with Crippen LogP contribution >= 0.6 is 0 Å². The molecule has 0 aliphatic rings. The molecule has 0 radical (unpaired) electrons. The van der Waals surface area contributed by atoms with Crippen molar-refractivity contribution in [3.63, 3.8) is 0 Å². The highest BCUT2D eigenvalue weighted by atomic mass is 16.6. The summed E-state index contributed by atoms with van der Waals surface area (Å²) in [6, 6.07) is 16.7. The molecule has 0 saturated carbocycles. The summed E-state index contributed by atoms with van der Waals surface area (Å²) in [4.78, 5) is 58.9. The van der Waals surface area contributed by atoms with Crippen molar-refractivity contribution in [1.82, 2.24) is 0 Å². The fourth-order valence-corrected chi connectivity index (χ4v) is 2.32. The molecular formula is C20H14N4O12. The lowest BCUT2D eigenvalue weighted by Gasteiger charge is -1.97. The van der Waals surface area contributed by atoms with Gasteiger partial charge in [0.05, 0.1) is 31.8 Å². The molecule has 0 atom stereocenters. The predicted octanol–water partition coefficient (Wildman–Crippen LogP) is 4.09. The largest absolute Gasteiger partial charge is 0.477 e. The molecule has 3 aromatic carbocycles. The van der Waals surface area contributed by atoms with Gasteiger partial charge >= 0.3 is 11.9 Å². The van der Waals surface area contributed by atoms with Gasteiger partial charge in [-0.1, -0.05) is 36.4 Å². The second kappa shape index (κ2) is 13.0. The van der Waals surface area contributed by atoms with Gasteiger partial charge in [-0.05, 0) is 12.1 Å². The summed E-state index contributed by atoms with van der Waals surface area (Å²) in [5.74, 6) is -3.01. The van der Waals surface area contributed by atoms with Crippen molar-refractivity contribution in [1.29, 1.82) is 0 Å². The molecular weight excluding hydrogens is 488 g/mol. The second-order valence-electron chi connectivity index (χ2n) is 6.20. The summed E-state index contributed by atoms with van der Waals surface area (Å²) < 4.78 is 0. The molecule has 0 unspecified atom stereocenters. The van der Waals surface area contributed by atoms with Gasteiger partial charge in [0, 0.05) is 12.1 Å². The van der Waals surface area contributed by atoms with Crippen LogP contribution in [0, 0.1) is 40.5 Å². The quantitative estimate of drug-likeness (QED) is 0.357. The Morgan fingerprint density at radius 2 is 0.806 bits per heavy atom. The molecule has 0 spiro atoms. The number of nitrogens with zero attached hydrogens (tertiary/aromatic N) is 4. The molecule has 16 heteroatoms. The van der Waals surface area contributed by atoms with Gasteiger partial charge in [-0.25, -0.2) is 9.59 Å². The summed E-state index contributed by atoms with van der Waals surface area (Å²) >= 11 is 0. The van der Waals surface area contributed by atoms with Crippen molar-refractivity contribution in [3.05, 3.63) is 124 Å². The topological polar surface area (TPSA) is 247 Å². The molecule has 3 aromatic rings. The standard InChI is InChI=1S/2C7H4N2O6.C6H6/c2*10-7(11)5-2-1-4(8(12)13)3-6(5)9(14)15;1-2-4-6-5-3-1/h2*1-3H,(H,10,11);1-6H. The van der Waals surface area contributed by atoms with Crippen LogP contribution in [0.1, 0.15) is 20.7 Å². The van der Waals surface area contributed by atoms with E-state index in [1.807, 2.05) is 36.4 Å². The van der Waals surface area contributed by atoms with E-state index in [0.717, 1.165) is 24.3 Å². The van der Waals surface area contributed by atoms with Crippen molar-refractivity contribution in [2.45, 2.75) is 0 Å². The monoisotopic (exact) mass is 502 g/mol. The molecule has 36 heavy (non-hydrogen) atoms. The van der Waals surface area contributed by atoms with Crippen molar-refractivity contribution < 1.29 is 39.5 Å². The number of nitro groups is 4. The normalized spacial score (nSPS) is 9.33. The number of carboxylic acid groups (broad SMARTS) is 2. The van der Waals surface area contributed by atoms with Crippen molar-refractivity contribution in [3.8, 4) is 0 Å². The number of non-ortho nitro benzene ring substituents is 2. The summed E-state index contributed by atoms with van der Waals surface area (Å²) in [5, 5.41) is 58.6. The van der Waals surface area contributed by atoms with Gasteiger partial charge in [-0.3, -0.25) is 40.5 Å². The van der Waals surface area contributed by atoms with Gasteiger partial charge in [-0.2, -0.15) is 0 Å². The van der Waals surface area contributed by atoms with Gasteiger partial charge in [0.15, 0.2) is 0 Å². The second-order valence-corrected chi connectivity index (χ2v) is 6.20. The van der Waals surface area contributed by atoms with Gasteiger partial charge in [-0.15, -0.1) is 0 Å². The average Bonchev–Trinajstić information content (AvgIpc) is 2.84. The third kappa shape index (κ3) is 8.28. The Hall–Kier alpha value is -5.80. The van der Waals surface area contributed by atoms with Gasteiger partial charge in [0.25, 0.3) is 22.7 Å². The molecule has 186 valence electrons. The lowest BCUT2D eigenvalue weighted by molar-refractivity contribution is -0.394. The van der Waals surface area contributed by atoms with Crippen LogP contribution in [0.5, 0.6) is 0 Å². The van der Waals surface area contributed by atoms with E-state index >= 15 is 0 Å². The first-order chi connectivity index (χ1) is 16.9. The molecule has 0 saturated heterocycles. The average molecular weight is 502 g/mol. The van der Waals surface area contributed by atoms with E-state index in [4.69, 9.17) is 10.2 Å². The summed E-state index contributed by atoms with van der Waals surface area (Å²) in [7, 11) is 0. The lowest BCUT2D eigenvalue weighted by atomic mass is 10.1. The first-order valence-corrected chi connectivity index (χ1v) is 9.19. The van der Waals surface area contributed by atoms with Gasteiger partial charge < -0.3 is 10.2 Å². The highest BCUT2D eigenvalue weighted by Gasteiger charge is 2.24. The summed E-state index contributed by atoms with van der Waals surface area (Å²) in [6.45, 7) is 0. The Balaban J connectivity index is 0.000000293. The molecule has 0 heterocycles. The molecule has 16 nitrogen and oxygen atoms in total. The third-order valence-electron chi connectivity index (χ3n) is 3.91. The minimum Gasteiger partial charge on any atom is -0.477 e. The third-order valence-corrected chi connectivity index (χ3v) is 3.91. The van der Waals surface area contributed by atoms with Crippen LogP contribution in [0.25, 0.3) is 0 Å². The van der Waals surface area contributed by atoms with E-state index in [9.17, 15) is 50.0 Å². The number of aromatic carboxylic acids is 2. The van der Waals surface area contributed by atoms with Crippen molar-refractivity contribution in [2.75, 3.05) is 0 Å². The van der Waals surface area contributed by atoms with Crippen LogP contribution in [-0.4, -0.2) is 41.8 Å². The van der Waals surface area contributed by atoms with Crippen LogP contribution in [0.15, 0.2) is 72.8 Å². The van der Waals surface area contributed by atoms with Crippen molar-refractivity contribution in [2.24, 2.45) is 0 Å². The van der Waals surface area contributed by atoms with Crippen LogP contribution in [-0.2, 0) is 0 Å². The zero-order valence-electron chi connectivity index (χ0n) is 17.7. The number of carboxylic acids is 2. The molecule has 3 rings (SSSR count). The van der Waals surface area contributed by atoms with Crippen LogP contribution in [0.4, 0.5) is 22.7 Å². The number of hydrogen-bond donors (Lipinski definition) is 2. The van der Waals surface area contributed by atoms with Crippen LogP contribution in [0.2, 0.25) is 0 Å². The zero-order chi connectivity index (χ0) is 27.4. The molecule has 0 aliphatic carbocycles. The SMILES string of the molecule is O=C(O)c1ccc([N+](=O)[O-])cc1[N+](=O)[O-].O=C(O)c1ccc([N+](=O)[O-])cc1[N+](=O)[O-].c1ccccc1. The van der Waals surface area contributed by atoms with Gasteiger partial charge in [0.2, 0.25) is 0 Å². The zero-order valence-corrected chi connectivity index (χ0v) is 17.7. The minimum absolute atomic E-state index is 0.522. The summed E-state index contributed by atoms with van der Waals surface area (Å²) in [5.41, 5.74) is -3.79. The minimum atomic E-state index is -1.50. The smallest absolute Gasteiger partial charge is 0.342 e. The molecule has 0 fully saturated rings. The Bertz CT molecular complexity index is 1200. The fraction of sp³-hybridized carbons (Fsp3) is 0. The number of rotatable bonds is 6. The highest BCUT2D eigenvalue weighted by Crippen LogP contribution is 2.25. The number of benzene rings is 3. The number of hydrogen-bond acceptors (Lipinski definition) is 10. The molecule has 0 amide bonds. The van der Waals surface area contributed by atoms with E-state index in [1.165, 1.54) is 0 Å². The number of carbonyl (C=O) groups is 2. The highest BCUT2D eigenvalue weighted by molar-refractivity contribution is 5.93.